The van der Waals surface area contributed by atoms with E-state index in [1.807, 2.05) is 50.2 Å². The molecule has 204 valence electrons. The normalized spacial score (nSPS) is 13.9. The maximum Gasteiger partial charge on any atom is 0.271 e. The summed E-state index contributed by atoms with van der Waals surface area (Å²) in [6, 6.07) is 7.08. The van der Waals surface area contributed by atoms with Crippen LogP contribution in [0.4, 0.5) is 11.5 Å². The maximum absolute atomic E-state index is 12.6. The molecular weight excluding hydrogens is 482 g/mol. The van der Waals surface area contributed by atoms with Gasteiger partial charge in [-0.25, -0.2) is 9.97 Å². The summed E-state index contributed by atoms with van der Waals surface area (Å²) < 4.78 is 0. The molecular formula is C28H39N7O3. The summed E-state index contributed by atoms with van der Waals surface area (Å²) in [6.07, 6.45) is 6.69. The van der Waals surface area contributed by atoms with Crippen LogP contribution in [0.25, 0.3) is 0 Å². The lowest BCUT2D eigenvalue weighted by molar-refractivity contribution is -0.135. The van der Waals surface area contributed by atoms with E-state index in [2.05, 4.69) is 15.6 Å². The Morgan fingerprint density at radius 2 is 1.92 bits per heavy atom. The standard InChI is InChI=1S/C28H39N7O3/c1-6-22-24(20-12-13-20)33-27(25(32-22)26(29)37)31-21-10-7-9-19(17-21)14-15-30-28(38)18(2)35(5)23(36)11-8-16-34(3)4/h7-11,17-18,20H,6,12-16H2,1-5H3,(H2,29,37)(H,30,38)(H,31,33)/b11-8+/t18-/m0/s1. The number of likely N-dealkylation sites (N-methyl/N-ethyl adjacent to an activating group) is 2. The molecule has 1 atom stereocenters. The number of hydrogen-bond donors (Lipinski definition) is 3. The van der Waals surface area contributed by atoms with Gasteiger partial charge in [-0.3, -0.25) is 14.4 Å². The van der Waals surface area contributed by atoms with Gasteiger partial charge in [0, 0.05) is 37.8 Å². The number of nitrogens with one attached hydrogen (secondary N) is 2. The van der Waals surface area contributed by atoms with Gasteiger partial charge in [-0.2, -0.15) is 0 Å². The first-order valence-electron chi connectivity index (χ1n) is 13.0. The van der Waals surface area contributed by atoms with Crippen LogP contribution in [0.5, 0.6) is 0 Å². The van der Waals surface area contributed by atoms with Crippen molar-refractivity contribution >= 4 is 29.2 Å². The number of primary amides is 1. The first-order valence-corrected chi connectivity index (χ1v) is 13.0. The smallest absolute Gasteiger partial charge is 0.271 e. The zero-order valence-corrected chi connectivity index (χ0v) is 23.0. The highest BCUT2D eigenvalue weighted by molar-refractivity contribution is 5.96. The quantitative estimate of drug-likeness (QED) is 0.345. The molecule has 3 amide bonds. The number of amides is 3. The molecule has 1 saturated carbocycles. The largest absolute Gasteiger partial charge is 0.364 e. The fourth-order valence-electron chi connectivity index (χ4n) is 3.95. The molecule has 0 unspecified atom stereocenters. The van der Waals surface area contributed by atoms with Gasteiger partial charge in [0.1, 0.15) is 6.04 Å². The second-order valence-electron chi connectivity index (χ2n) is 9.90. The molecule has 1 aliphatic rings. The fraction of sp³-hybridized carbons (Fsp3) is 0.464. The number of carbonyl (C=O) groups is 3. The van der Waals surface area contributed by atoms with Crippen LogP contribution in [-0.4, -0.2) is 77.8 Å². The predicted molar refractivity (Wildman–Crippen MR) is 148 cm³/mol. The SMILES string of the molecule is CCc1nc(C(N)=O)c(Nc2cccc(CCNC(=O)[C@H](C)N(C)C(=O)/C=C/CN(C)C)c2)nc1C1CC1. The van der Waals surface area contributed by atoms with Crippen molar-refractivity contribution in [3.63, 3.8) is 0 Å². The summed E-state index contributed by atoms with van der Waals surface area (Å²) in [4.78, 5) is 49.6. The fourth-order valence-corrected chi connectivity index (χ4v) is 3.95. The average Bonchev–Trinajstić information content (AvgIpc) is 3.73. The summed E-state index contributed by atoms with van der Waals surface area (Å²) in [5, 5.41) is 6.13. The minimum Gasteiger partial charge on any atom is -0.364 e. The Hall–Kier alpha value is -3.79. The van der Waals surface area contributed by atoms with Gasteiger partial charge in [0.2, 0.25) is 11.8 Å². The second kappa shape index (κ2) is 13.1. The van der Waals surface area contributed by atoms with Gasteiger partial charge >= 0.3 is 0 Å². The van der Waals surface area contributed by atoms with Crippen LogP contribution >= 0.6 is 0 Å². The van der Waals surface area contributed by atoms with Gasteiger partial charge in [-0.05, 0) is 64.4 Å². The molecule has 0 aliphatic heterocycles. The molecule has 10 nitrogen and oxygen atoms in total. The summed E-state index contributed by atoms with van der Waals surface area (Å²) in [5.41, 5.74) is 9.23. The zero-order valence-electron chi connectivity index (χ0n) is 23.0. The van der Waals surface area contributed by atoms with Crippen molar-refractivity contribution in [2.75, 3.05) is 39.5 Å². The highest BCUT2D eigenvalue weighted by atomic mass is 16.2. The van der Waals surface area contributed by atoms with E-state index in [0.29, 0.717) is 37.7 Å². The van der Waals surface area contributed by atoms with E-state index in [1.54, 1.807) is 20.0 Å². The monoisotopic (exact) mass is 521 g/mol. The number of carbonyl (C=O) groups excluding carboxylic acids is 3. The summed E-state index contributed by atoms with van der Waals surface area (Å²) >= 11 is 0. The van der Waals surface area contributed by atoms with Crippen LogP contribution in [0.3, 0.4) is 0 Å². The van der Waals surface area contributed by atoms with Gasteiger partial charge in [0.15, 0.2) is 11.5 Å². The molecule has 3 rings (SSSR count). The van der Waals surface area contributed by atoms with Gasteiger partial charge < -0.3 is 26.2 Å². The van der Waals surface area contributed by atoms with Crippen LogP contribution < -0.4 is 16.4 Å². The number of benzene rings is 1. The number of aromatic nitrogens is 2. The van der Waals surface area contributed by atoms with Crippen LogP contribution in [-0.2, 0) is 22.4 Å². The highest BCUT2D eigenvalue weighted by Crippen LogP contribution is 2.41. The van der Waals surface area contributed by atoms with Crippen molar-refractivity contribution in [1.29, 1.82) is 0 Å². The molecule has 0 saturated heterocycles. The number of aryl methyl sites for hydroxylation is 1. The molecule has 1 aromatic carbocycles. The molecule has 1 heterocycles. The van der Waals surface area contributed by atoms with Crippen molar-refractivity contribution in [3.05, 3.63) is 59.1 Å². The zero-order chi connectivity index (χ0) is 27.8. The third-order valence-corrected chi connectivity index (χ3v) is 6.47. The van der Waals surface area contributed by atoms with Crippen LogP contribution in [0.1, 0.15) is 60.0 Å². The second-order valence-corrected chi connectivity index (χ2v) is 9.90. The summed E-state index contributed by atoms with van der Waals surface area (Å²) in [7, 11) is 5.45. The molecule has 38 heavy (non-hydrogen) atoms. The van der Waals surface area contributed by atoms with E-state index in [1.165, 1.54) is 11.0 Å². The van der Waals surface area contributed by atoms with Crippen molar-refractivity contribution in [2.45, 2.75) is 51.5 Å². The average molecular weight is 522 g/mol. The first kappa shape index (κ1) is 28.8. The Labute approximate surface area is 224 Å². The van der Waals surface area contributed by atoms with Gasteiger partial charge in [-0.1, -0.05) is 25.1 Å². The van der Waals surface area contributed by atoms with E-state index in [4.69, 9.17) is 10.7 Å². The Balaban J connectivity index is 1.60. The first-order chi connectivity index (χ1) is 18.1. The molecule has 0 radical (unpaired) electrons. The van der Waals surface area contributed by atoms with E-state index in [-0.39, 0.29) is 17.5 Å². The molecule has 0 spiro atoms. The molecule has 1 aromatic heterocycles. The van der Waals surface area contributed by atoms with Crippen LogP contribution in [0.15, 0.2) is 36.4 Å². The Bertz CT molecular complexity index is 1190. The predicted octanol–water partition coefficient (Wildman–Crippen LogP) is 2.38. The van der Waals surface area contributed by atoms with Gasteiger partial charge in [0.05, 0.1) is 11.4 Å². The number of nitrogens with zero attached hydrogens (tertiary/aromatic N) is 4. The molecule has 10 heteroatoms. The lowest BCUT2D eigenvalue weighted by Gasteiger charge is -2.23. The number of nitrogens with two attached hydrogens (primary N) is 1. The molecule has 1 fully saturated rings. The van der Waals surface area contributed by atoms with E-state index < -0.39 is 11.9 Å². The lowest BCUT2D eigenvalue weighted by atomic mass is 10.1. The van der Waals surface area contributed by atoms with E-state index in [0.717, 1.165) is 35.5 Å². The van der Waals surface area contributed by atoms with Crippen molar-refractivity contribution in [1.82, 2.24) is 25.1 Å². The van der Waals surface area contributed by atoms with Crippen molar-refractivity contribution in [2.24, 2.45) is 5.73 Å². The Kier molecular flexibility index (Phi) is 9.95. The third kappa shape index (κ3) is 7.85. The Morgan fingerprint density at radius 3 is 2.55 bits per heavy atom. The third-order valence-electron chi connectivity index (χ3n) is 6.47. The minimum atomic E-state index is -0.623. The number of hydrogen-bond acceptors (Lipinski definition) is 7. The van der Waals surface area contributed by atoms with E-state index in [9.17, 15) is 14.4 Å². The molecule has 4 N–H and O–H groups in total. The summed E-state index contributed by atoms with van der Waals surface area (Å²) in [5.74, 6) is -0.310. The van der Waals surface area contributed by atoms with Crippen molar-refractivity contribution < 1.29 is 14.4 Å². The number of rotatable bonds is 13. The Morgan fingerprint density at radius 1 is 1.18 bits per heavy atom. The van der Waals surface area contributed by atoms with Crippen molar-refractivity contribution in [3.8, 4) is 0 Å². The molecule has 2 aromatic rings. The van der Waals surface area contributed by atoms with Gasteiger partial charge in [0.25, 0.3) is 5.91 Å². The van der Waals surface area contributed by atoms with Crippen LogP contribution in [0.2, 0.25) is 0 Å². The topological polar surface area (TPSA) is 134 Å². The van der Waals surface area contributed by atoms with Crippen LogP contribution in [0, 0.1) is 0 Å². The lowest BCUT2D eigenvalue weighted by Crippen LogP contribution is -2.45. The molecule has 0 bridgehead atoms. The molecule has 1 aliphatic carbocycles. The summed E-state index contributed by atoms with van der Waals surface area (Å²) in [6.45, 7) is 4.76. The van der Waals surface area contributed by atoms with E-state index >= 15 is 0 Å². The maximum atomic E-state index is 12.6. The van der Waals surface area contributed by atoms with Gasteiger partial charge in [-0.15, -0.1) is 0 Å². The highest BCUT2D eigenvalue weighted by Gasteiger charge is 2.30. The minimum absolute atomic E-state index is 0.133. The number of anilines is 2.